The van der Waals surface area contributed by atoms with E-state index < -0.39 is 11.5 Å². The summed E-state index contributed by atoms with van der Waals surface area (Å²) in [7, 11) is 3.38. The van der Waals surface area contributed by atoms with Crippen molar-refractivity contribution >= 4 is 17.7 Å². The zero-order chi connectivity index (χ0) is 12.6. The van der Waals surface area contributed by atoms with Gasteiger partial charge in [-0.1, -0.05) is 6.92 Å². The van der Waals surface area contributed by atoms with Crippen LogP contribution in [0.3, 0.4) is 0 Å². The first-order chi connectivity index (χ1) is 7.46. The van der Waals surface area contributed by atoms with Gasteiger partial charge in [0.1, 0.15) is 5.54 Å². The number of hydrogen-bond acceptors (Lipinski definition) is 4. The van der Waals surface area contributed by atoms with Crippen LogP contribution in [0.2, 0.25) is 0 Å². The predicted molar refractivity (Wildman–Crippen MR) is 68.1 cm³/mol. The van der Waals surface area contributed by atoms with Crippen LogP contribution in [0.1, 0.15) is 26.7 Å². The highest BCUT2D eigenvalue weighted by Crippen LogP contribution is 2.22. The second-order valence-corrected chi connectivity index (χ2v) is 5.67. The van der Waals surface area contributed by atoms with Gasteiger partial charge in [-0.3, -0.25) is 4.79 Å². The lowest BCUT2D eigenvalue weighted by Gasteiger charge is -2.27. The molecule has 0 spiro atoms. The number of carboxylic acids is 1. The van der Waals surface area contributed by atoms with Gasteiger partial charge in [0.15, 0.2) is 0 Å². The molecule has 0 fully saturated rings. The molecular formula is C11H23NO3S. The lowest BCUT2D eigenvalue weighted by atomic mass is 9.96. The topological polar surface area (TPSA) is 58.6 Å². The minimum atomic E-state index is -0.826. The molecule has 0 aliphatic carbocycles. The van der Waals surface area contributed by atoms with Gasteiger partial charge in [0.25, 0.3) is 0 Å². The second kappa shape index (κ2) is 7.92. The van der Waals surface area contributed by atoms with Gasteiger partial charge < -0.3 is 15.2 Å². The first-order valence-electron chi connectivity index (χ1n) is 5.49. The van der Waals surface area contributed by atoms with Crippen LogP contribution in [-0.4, -0.2) is 48.4 Å². The lowest BCUT2D eigenvalue weighted by molar-refractivity contribution is -0.144. The standard InChI is InChI=1S/C11H23NO3S/c1-9(16-7-5-6-15-4)8-11(2,12-3)10(13)14/h9,12H,5-8H2,1-4H3,(H,13,14). The molecule has 0 aromatic carbocycles. The van der Waals surface area contributed by atoms with E-state index in [-0.39, 0.29) is 0 Å². The Balaban J connectivity index is 3.92. The van der Waals surface area contributed by atoms with Gasteiger partial charge in [0.05, 0.1) is 0 Å². The van der Waals surface area contributed by atoms with E-state index in [9.17, 15) is 4.79 Å². The molecule has 0 aliphatic heterocycles. The van der Waals surface area contributed by atoms with E-state index in [1.807, 2.05) is 0 Å². The molecule has 2 atom stereocenters. The molecule has 96 valence electrons. The number of hydrogen-bond donors (Lipinski definition) is 2. The van der Waals surface area contributed by atoms with Gasteiger partial charge in [-0.2, -0.15) is 11.8 Å². The van der Waals surface area contributed by atoms with E-state index in [0.717, 1.165) is 18.8 Å². The maximum Gasteiger partial charge on any atom is 0.323 e. The molecule has 16 heavy (non-hydrogen) atoms. The largest absolute Gasteiger partial charge is 0.480 e. The van der Waals surface area contributed by atoms with Gasteiger partial charge in [0, 0.05) is 19.0 Å². The minimum Gasteiger partial charge on any atom is -0.480 e. The van der Waals surface area contributed by atoms with Crippen LogP contribution < -0.4 is 5.32 Å². The van der Waals surface area contributed by atoms with E-state index in [4.69, 9.17) is 9.84 Å². The van der Waals surface area contributed by atoms with Gasteiger partial charge >= 0.3 is 5.97 Å². The summed E-state index contributed by atoms with van der Waals surface area (Å²) in [6.07, 6.45) is 1.63. The average Bonchev–Trinajstić information content (AvgIpc) is 2.24. The number of ether oxygens (including phenoxy) is 1. The number of aliphatic carboxylic acids is 1. The minimum absolute atomic E-state index is 0.324. The first kappa shape index (κ1) is 15.7. The number of carbonyl (C=O) groups is 1. The normalized spacial score (nSPS) is 16.8. The summed E-state index contributed by atoms with van der Waals surface area (Å²) in [5.41, 5.74) is -0.826. The summed E-state index contributed by atoms with van der Waals surface area (Å²) in [6, 6.07) is 0. The molecule has 0 aromatic heterocycles. The molecule has 2 N–H and O–H groups in total. The molecule has 0 aromatic rings. The molecular weight excluding hydrogens is 226 g/mol. The van der Waals surface area contributed by atoms with E-state index in [2.05, 4.69) is 12.2 Å². The highest BCUT2D eigenvalue weighted by Gasteiger charge is 2.32. The zero-order valence-electron chi connectivity index (χ0n) is 10.6. The quantitative estimate of drug-likeness (QED) is 0.608. The first-order valence-corrected chi connectivity index (χ1v) is 6.54. The van der Waals surface area contributed by atoms with Crippen LogP contribution in [0.4, 0.5) is 0 Å². The van der Waals surface area contributed by atoms with Crippen LogP contribution in [0.25, 0.3) is 0 Å². The number of thioether (sulfide) groups is 1. The van der Waals surface area contributed by atoms with Crippen molar-refractivity contribution in [3.63, 3.8) is 0 Å². The van der Waals surface area contributed by atoms with E-state index in [1.54, 1.807) is 32.8 Å². The molecule has 0 radical (unpaired) electrons. The third kappa shape index (κ3) is 5.72. The molecule has 0 saturated carbocycles. The molecule has 2 unspecified atom stereocenters. The van der Waals surface area contributed by atoms with Gasteiger partial charge in [-0.05, 0) is 32.6 Å². The van der Waals surface area contributed by atoms with Gasteiger partial charge in [-0.15, -0.1) is 0 Å². The summed E-state index contributed by atoms with van der Waals surface area (Å²) in [6.45, 7) is 4.56. The monoisotopic (exact) mass is 249 g/mol. The van der Waals surface area contributed by atoms with Crippen molar-refractivity contribution in [2.75, 3.05) is 26.5 Å². The van der Waals surface area contributed by atoms with E-state index in [0.29, 0.717) is 11.7 Å². The van der Waals surface area contributed by atoms with Crippen molar-refractivity contribution in [1.29, 1.82) is 0 Å². The highest BCUT2D eigenvalue weighted by molar-refractivity contribution is 7.99. The third-order valence-electron chi connectivity index (χ3n) is 2.61. The molecule has 0 aliphatic rings. The summed E-state index contributed by atoms with van der Waals surface area (Å²) < 4.78 is 4.96. The molecule has 0 heterocycles. The Hall–Kier alpha value is -0.260. The second-order valence-electron chi connectivity index (χ2n) is 4.12. The highest BCUT2D eigenvalue weighted by atomic mass is 32.2. The molecule has 5 heteroatoms. The summed E-state index contributed by atoms with van der Waals surface area (Å²) in [5.74, 6) is 0.216. The third-order valence-corrected chi connectivity index (χ3v) is 3.87. The van der Waals surface area contributed by atoms with Crippen LogP contribution >= 0.6 is 11.8 Å². The number of likely N-dealkylation sites (N-methyl/N-ethyl adjacent to an activating group) is 1. The number of nitrogens with one attached hydrogen (secondary N) is 1. The Bertz CT molecular complexity index is 213. The van der Waals surface area contributed by atoms with Crippen molar-refractivity contribution in [2.45, 2.75) is 37.5 Å². The Kier molecular flexibility index (Phi) is 7.80. The van der Waals surface area contributed by atoms with Crippen LogP contribution in [-0.2, 0) is 9.53 Å². The zero-order valence-corrected chi connectivity index (χ0v) is 11.4. The smallest absolute Gasteiger partial charge is 0.323 e. The maximum absolute atomic E-state index is 11.1. The Morgan fingerprint density at radius 2 is 2.25 bits per heavy atom. The fourth-order valence-corrected chi connectivity index (χ4v) is 2.56. The Morgan fingerprint density at radius 3 is 2.69 bits per heavy atom. The molecule has 0 amide bonds. The van der Waals surface area contributed by atoms with Gasteiger partial charge in [0.2, 0.25) is 0 Å². The summed E-state index contributed by atoms with van der Waals surface area (Å²) >= 11 is 1.79. The average molecular weight is 249 g/mol. The molecule has 4 nitrogen and oxygen atoms in total. The van der Waals surface area contributed by atoms with Crippen molar-refractivity contribution in [3.05, 3.63) is 0 Å². The van der Waals surface area contributed by atoms with E-state index in [1.165, 1.54) is 0 Å². The molecule has 0 saturated heterocycles. The van der Waals surface area contributed by atoms with E-state index >= 15 is 0 Å². The number of rotatable bonds is 9. The fraction of sp³-hybridized carbons (Fsp3) is 0.909. The SMILES string of the molecule is CNC(C)(CC(C)SCCCOC)C(=O)O. The molecule has 0 bridgehead atoms. The maximum atomic E-state index is 11.1. The van der Waals surface area contributed by atoms with Crippen molar-refractivity contribution in [2.24, 2.45) is 0 Å². The summed E-state index contributed by atoms with van der Waals surface area (Å²) in [5, 5.41) is 12.3. The Morgan fingerprint density at radius 1 is 1.62 bits per heavy atom. The van der Waals surface area contributed by atoms with Crippen LogP contribution in [0.5, 0.6) is 0 Å². The van der Waals surface area contributed by atoms with Crippen molar-refractivity contribution in [1.82, 2.24) is 5.32 Å². The van der Waals surface area contributed by atoms with Crippen molar-refractivity contribution < 1.29 is 14.6 Å². The summed E-state index contributed by atoms with van der Waals surface area (Å²) in [4.78, 5) is 11.1. The van der Waals surface area contributed by atoms with Gasteiger partial charge in [-0.25, -0.2) is 0 Å². The van der Waals surface area contributed by atoms with Crippen LogP contribution in [0, 0.1) is 0 Å². The predicted octanol–water partition coefficient (Wildman–Crippen LogP) is 1.60. The number of carboxylic acid groups (broad SMARTS) is 1. The number of methoxy groups -OCH3 is 1. The van der Waals surface area contributed by atoms with Crippen LogP contribution in [0.15, 0.2) is 0 Å². The van der Waals surface area contributed by atoms with Crippen molar-refractivity contribution in [3.8, 4) is 0 Å². The fourth-order valence-electron chi connectivity index (χ4n) is 1.42. The lowest BCUT2D eigenvalue weighted by Crippen LogP contribution is -2.49. The molecule has 0 rings (SSSR count). The Labute approximate surface area is 102 Å².